The summed E-state index contributed by atoms with van der Waals surface area (Å²) in [5, 5.41) is 0. The molecule has 0 atom stereocenters. The van der Waals surface area contributed by atoms with E-state index in [0.29, 0.717) is 6.29 Å². The average molecular weight is 160 g/mol. The zero-order valence-electron chi connectivity index (χ0n) is 6.11. The Bertz CT molecular complexity index is 228. The molecule has 0 N–H and O–H groups in total. The molecule has 0 amide bonds. The largest absolute Gasteiger partial charge is 1.00 e. The van der Waals surface area contributed by atoms with E-state index in [4.69, 9.17) is 4.42 Å². The second-order valence-corrected chi connectivity index (χ2v) is 1.64. The van der Waals surface area contributed by atoms with E-state index < -0.39 is 5.78 Å². The third kappa shape index (κ3) is 2.93. The predicted octanol–water partition coefficient (Wildman–Crippen LogP) is -2.13. The number of hydrogen-bond acceptors (Lipinski definition) is 3. The van der Waals surface area contributed by atoms with Crippen LogP contribution in [0.2, 0.25) is 0 Å². The molecule has 0 saturated heterocycles. The van der Waals surface area contributed by atoms with Crippen LogP contribution < -0.4 is 29.6 Å². The molecule has 1 aromatic rings. The Morgan fingerprint density at radius 1 is 1.64 bits per heavy atom. The SMILES string of the molecule is O=C[CH-]C(=O)c1ccco1.[Na+]. The zero-order chi connectivity index (χ0) is 7.40. The van der Waals surface area contributed by atoms with Gasteiger partial charge in [0, 0.05) is 5.76 Å². The molecule has 4 heteroatoms. The molecule has 0 fully saturated rings. The Morgan fingerprint density at radius 2 is 2.36 bits per heavy atom. The van der Waals surface area contributed by atoms with Gasteiger partial charge >= 0.3 is 29.6 Å². The molecule has 0 spiro atoms. The first kappa shape index (κ1) is 10.5. The summed E-state index contributed by atoms with van der Waals surface area (Å²) >= 11 is 0. The quantitative estimate of drug-likeness (QED) is 0.167. The zero-order valence-corrected chi connectivity index (χ0v) is 8.11. The normalized spacial score (nSPS) is 8.00. The van der Waals surface area contributed by atoms with Crippen molar-refractivity contribution in [3.63, 3.8) is 0 Å². The van der Waals surface area contributed by atoms with Gasteiger partial charge in [0.1, 0.15) is 0 Å². The molecule has 1 aromatic heterocycles. The molecule has 0 radical (unpaired) electrons. The average Bonchev–Trinajstić information content (AvgIpc) is 2.38. The van der Waals surface area contributed by atoms with Gasteiger partial charge in [-0.25, -0.2) is 0 Å². The Hall–Kier alpha value is -0.510. The number of carbonyl (C=O) groups is 2. The van der Waals surface area contributed by atoms with E-state index in [1.54, 1.807) is 6.07 Å². The summed E-state index contributed by atoms with van der Waals surface area (Å²) in [6.45, 7) is 0. The van der Waals surface area contributed by atoms with E-state index in [1.165, 1.54) is 12.3 Å². The van der Waals surface area contributed by atoms with E-state index >= 15 is 0 Å². The molecule has 0 aromatic carbocycles. The van der Waals surface area contributed by atoms with E-state index in [2.05, 4.69) is 0 Å². The van der Waals surface area contributed by atoms with Crippen molar-refractivity contribution in [2.75, 3.05) is 0 Å². The van der Waals surface area contributed by atoms with Crippen molar-refractivity contribution < 1.29 is 43.6 Å². The van der Waals surface area contributed by atoms with Gasteiger partial charge < -0.3 is 14.0 Å². The molecule has 0 saturated carbocycles. The van der Waals surface area contributed by atoms with Crippen LogP contribution in [0, 0.1) is 6.42 Å². The molecule has 0 aliphatic carbocycles. The minimum absolute atomic E-state index is 0. The Labute approximate surface area is 86.1 Å². The van der Waals surface area contributed by atoms with Gasteiger partial charge in [-0.2, -0.15) is 0 Å². The van der Waals surface area contributed by atoms with Gasteiger partial charge in [-0.05, 0) is 6.07 Å². The predicted molar refractivity (Wildman–Crippen MR) is 33.4 cm³/mol. The fourth-order valence-electron chi connectivity index (χ4n) is 0.563. The van der Waals surface area contributed by atoms with E-state index in [0.717, 1.165) is 6.42 Å². The topological polar surface area (TPSA) is 47.3 Å². The molecule has 0 aliphatic heterocycles. The molecule has 11 heavy (non-hydrogen) atoms. The monoisotopic (exact) mass is 160 g/mol. The van der Waals surface area contributed by atoms with Crippen LogP contribution >= 0.6 is 0 Å². The van der Waals surface area contributed by atoms with Crippen molar-refractivity contribution in [3.8, 4) is 0 Å². The molecule has 0 aliphatic rings. The van der Waals surface area contributed by atoms with Gasteiger partial charge in [0.05, 0.1) is 18.3 Å². The van der Waals surface area contributed by atoms with Crippen molar-refractivity contribution in [1.29, 1.82) is 0 Å². The number of rotatable bonds is 3. The third-order valence-electron chi connectivity index (χ3n) is 0.983. The van der Waals surface area contributed by atoms with Gasteiger partial charge in [0.25, 0.3) is 0 Å². The summed E-state index contributed by atoms with van der Waals surface area (Å²) in [4.78, 5) is 20.5. The van der Waals surface area contributed by atoms with Gasteiger partial charge in [-0.3, -0.25) is 0 Å². The van der Waals surface area contributed by atoms with Gasteiger partial charge in [0.2, 0.25) is 0 Å². The fourth-order valence-corrected chi connectivity index (χ4v) is 0.563. The van der Waals surface area contributed by atoms with E-state index in [9.17, 15) is 9.59 Å². The first-order valence-corrected chi connectivity index (χ1v) is 2.71. The molecule has 0 unspecified atom stereocenters. The van der Waals surface area contributed by atoms with Crippen molar-refractivity contribution in [3.05, 3.63) is 30.6 Å². The molecule has 1 rings (SSSR count). The third-order valence-corrected chi connectivity index (χ3v) is 0.983. The second-order valence-electron chi connectivity index (χ2n) is 1.64. The second kappa shape index (κ2) is 5.18. The summed E-state index contributed by atoms with van der Waals surface area (Å²) in [5.41, 5.74) is 0. The Balaban J connectivity index is 0.000001000. The summed E-state index contributed by atoms with van der Waals surface area (Å²) in [6.07, 6.45) is 2.73. The standard InChI is InChI=1S/C7H5O3.Na/c8-4-3-6(9)7-2-1-5-10-7;/h1-5H;/q-1;+1. The van der Waals surface area contributed by atoms with Gasteiger partial charge in [-0.1, -0.05) is 6.07 Å². The van der Waals surface area contributed by atoms with Crippen LogP contribution in [0.15, 0.2) is 22.8 Å². The van der Waals surface area contributed by atoms with E-state index in [1.807, 2.05) is 0 Å². The minimum atomic E-state index is -0.403. The van der Waals surface area contributed by atoms with E-state index in [-0.39, 0.29) is 35.3 Å². The van der Waals surface area contributed by atoms with Crippen LogP contribution in [0.3, 0.4) is 0 Å². The van der Waals surface area contributed by atoms with Crippen LogP contribution in [0.25, 0.3) is 0 Å². The molecule has 52 valence electrons. The van der Waals surface area contributed by atoms with Crippen molar-refractivity contribution >= 4 is 12.1 Å². The maximum absolute atomic E-state index is 10.7. The molecule has 3 nitrogen and oxygen atoms in total. The molecule has 1 heterocycles. The van der Waals surface area contributed by atoms with Crippen LogP contribution in [0.1, 0.15) is 10.6 Å². The van der Waals surface area contributed by atoms with Crippen LogP contribution in [-0.2, 0) is 4.79 Å². The Morgan fingerprint density at radius 3 is 2.82 bits per heavy atom. The minimum Gasteiger partial charge on any atom is -0.548 e. The summed E-state index contributed by atoms with van der Waals surface area (Å²) in [6, 6.07) is 3.09. The molecular weight excluding hydrogens is 155 g/mol. The summed E-state index contributed by atoms with van der Waals surface area (Å²) in [7, 11) is 0. The molecular formula is C7H5NaO3. The maximum Gasteiger partial charge on any atom is 1.00 e. The van der Waals surface area contributed by atoms with Gasteiger partial charge in [-0.15, -0.1) is 6.42 Å². The number of hydrogen-bond donors (Lipinski definition) is 0. The van der Waals surface area contributed by atoms with Crippen LogP contribution in [0.5, 0.6) is 0 Å². The Kier molecular flexibility index (Phi) is 4.94. The summed E-state index contributed by atoms with van der Waals surface area (Å²) in [5.74, 6) is -0.216. The number of furan rings is 1. The maximum atomic E-state index is 10.7. The number of ketones is 1. The number of carbonyl (C=O) groups excluding carboxylic acids is 2. The van der Waals surface area contributed by atoms with Crippen molar-refractivity contribution in [2.45, 2.75) is 0 Å². The van der Waals surface area contributed by atoms with Crippen LogP contribution in [-0.4, -0.2) is 12.1 Å². The smallest absolute Gasteiger partial charge is 0.548 e. The number of aldehydes is 1. The fraction of sp³-hybridized carbons (Fsp3) is 0. The van der Waals surface area contributed by atoms with Crippen molar-refractivity contribution in [2.24, 2.45) is 0 Å². The molecule has 0 bridgehead atoms. The first-order valence-electron chi connectivity index (χ1n) is 2.71. The number of Topliss-reactive ketones (excluding diaryl/α,β-unsaturated/α-hetero) is 1. The van der Waals surface area contributed by atoms with Gasteiger partial charge in [0.15, 0.2) is 0 Å². The summed E-state index contributed by atoms with van der Waals surface area (Å²) < 4.78 is 4.71. The van der Waals surface area contributed by atoms with Crippen LogP contribution in [0.4, 0.5) is 0 Å². The van der Waals surface area contributed by atoms with Crippen molar-refractivity contribution in [1.82, 2.24) is 0 Å². The first-order chi connectivity index (χ1) is 4.84.